The molecule has 0 spiro atoms. The summed E-state index contributed by atoms with van der Waals surface area (Å²) in [5.74, 6) is 0.00963. The van der Waals surface area contributed by atoms with Crippen LogP contribution >= 0.6 is 0 Å². The van der Waals surface area contributed by atoms with E-state index < -0.39 is 6.04 Å². The SMILES string of the molecule is O=C(c1ccccc1)[C@H]1C[C@H](CO)ON1c1ccccc1. The van der Waals surface area contributed by atoms with E-state index in [1.54, 1.807) is 17.2 Å². The predicted octanol–water partition coefficient (Wildman–Crippen LogP) is 2.44. The first-order valence-electron chi connectivity index (χ1n) is 7.01. The highest BCUT2D eigenvalue weighted by Gasteiger charge is 2.38. The first kappa shape index (κ1) is 13.8. The molecule has 1 aliphatic heterocycles. The van der Waals surface area contributed by atoms with Crippen molar-refractivity contribution in [3.05, 3.63) is 66.2 Å². The summed E-state index contributed by atoms with van der Waals surface area (Å²) in [7, 11) is 0. The van der Waals surface area contributed by atoms with Crippen LogP contribution in [0, 0.1) is 0 Å². The zero-order valence-corrected chi connectivity index (χ0v) is 11.6. The number of rotatable bonds is 4. The van der Waals surface area contributed by atoms with Gasteiger partial charge in [-0.1, -0.05) is 48.5 Å². The third-order valence-electron chi connectivity index (χ3n) is 3.61. The van der Waals surface area contributed by atoms with Crippen molar-refractivity contribution in [1.29, 1.82) is 0 Å². The Balaban J connectivity index is 1.89. The van der Waals surface area contributed by atoms with Crippen molar-refractivity contribution in [1.82, 2.24) is 0 Å². The van der Waals surface area contributed by atoms with E-state index in [2.05, 4.69) is 0 Å². The number of aliphatic hydroxyl groups excluding tert-OH is 1. The lowest BCUT2D eigenvalue weighted by atomic mass is 10.00. The monoisotopic (exact) mass is 283 g/mol. The molecule has 0 aliphatic carbocycles. The van der Waals surface area contributed by atoms with Crippen LogP contribution in [0.2, 0.25) is 0 Å². The maximum atomic E-state index is 12.7. The minimum Gasteiger partial charge on any atom is -0.394 e. The summed E-state index contributed by atoms with van der Waals surface area (Å²) < 4.78 is 0. The maximum Gasteiger partial charge on any atom is 0.187 e. The number of ketones is 1. The number of para-hydroxylation sites is 1. The van der Waals surface area contributed by atoms with Crippen LogP contribution in [0.1, 0.15) is 16.8 Å². The lowest BCUT2D eigenvalue weighted by Gasteiger charge is -2.23. The second-order valence-electron chi connectivity index (χ2n) is 5.05. The molecule has 1 N–H and O–H groups in total. The summed E-state index contributed by atoms with van der Waals surface area (Å²) in [6.45, 7) is -0.0953. The lowest BCUT2D eigenvalue weighted by molar-refractivity contribution is 0.0403. The van der Waals surface area contributed by atoms with E-state index in [9.17, 15) is 9.90 Å². The van der Waals surface area contributed by atoms with E-state index in [1.165, 1.54) is 0 Å². The van der Waals surface area contributed by atoms with Gasteiger partial charge in [-0.05, 0) is 12.1 Å². The summed E-state index contributed by atoms with van der Waals surface area (Å²) in [5, 5.41) is 11.0. The van der Waals surface area contributed by atoms with Crippen LogP contribution < -0.4 is 5.06 Å². The number of carbonyl (C=O) groups is 1. The van der Waals surface area contributed by atoms with Gasteiger partial charge < -0.3 is 5.11 Å². The smallest absolute Gasteiger partial charge is 0.187 e. The summed E-state index contributed by atoms with van der Waals surface area (Å²) in [6, 6.07) is 18.3. The molecule has 2 aromatic carbocycles. The summed E-state index contributed by atoms with van der Waals surface area (Å²) in [4.78, 5) is 18.4. The second kappa shape index (κ2) is 6.08. The van der Waals surface area contributed by atoms with Gasteiger partial charge in [-0.15, -0.1) is 0 Å². The minimum atomic E-state index is -0.410. The lowest BCUT2D eigenvalue weighted by Crippen LogP contribution is -2.35. The molecule has 0 bridgehead atoms. The van der Waals surface area contributed by atoms with E-state index >= 15 is 0 Å². The average molecular weight is 283 g/mol. The molecular weight excluding hydrogens is 266 g/mol. The molecule has 1 fully saturated rings. The van der Waals surface area contributed by atoms with Crippen molar-refractivity contribution in [3.8, 4) is 0 Å². The molecule has 0 radical (unpaired) electrons. The number of hydrogen-bond acceptors (Lipinski definition) is 4. The summed E-state index contributed by atoms with van der Waals surface area (Å²) in [6.07, 6.45) is 0.141. The topological polar surface area (TPSA) is 49.8 Å². The van der Waals surface area contributed by atoms with Crippen LogP contribution in [0.3, 0.4) is 0 Å². The Labute approximate surface area is 123 Å². The van der Waals surface area contributed by atoms with Gasteiger partial charge in [0.25, 0.3) is 0 Å². The second-order valence-corrected chi connectivity index (χ2v) is 5.05. The third kappa shape index (κ3) is 2.82. The van der Waals surface area contributed by atoms with Crippen molar-refractivity contribution in [2.45, 2.75) is 18.6 Å². The first-order valence-corrected chi connectivity index (χ1v) is 7.01. The molecule has 108 valence electrons. The molecule has 0 amide bonds. The Kier molecular flexibility index (Phi) is 3.99. The number of carbonyl (C=O) groups excluding carboxylic acids is 1. The number of Topliss-reactive ketones (excluding diaryl/α,β-unsaturated/α-hetero) is 1. The fourth-order valence-electron chi connectivity index (χ4n) is 2.55. The number of anilines is 1. The first-order chi connectivity index (χ1) is 10.3. The highest BCUT2D eigenvalue weighted by atomic mass is 16.7. The van der Waals surface area contributed by atoms with Gasteiger partial charge in [0.15, 0.2) is 5.78 Å². The van der Waals surface area contributed by atoms with Crippen molar-refractivity contribution >= 4 is 11.5 Å². The molecule has 1 aliphatic rings. The molecule has 0 aromatic heterocycles. The Morgan fingerprint density at radius 2 is 1.71 bits per heavy atom. The Hall–Kier alpha value is -2.17. The van der Waals surface area contributed by atoms with Crippen LogP contribution in [0.4, 0.5) is 5.69 Å². The van der Waals surface area contributed by atoms with Crippen LogP contribution in [0.25, 0.3) is 0 Å². The number of hydroxylamine groups is 1. The molecule has 3 rings (SSSR count). The molecule has 0 saturated carbocycles. The fourth-order valence-corrected chi connectivity index (χ4v) is 2.55. The van der Waals surface area contributed by atoms with Gasteiger partial charge in [0, 0.05) is 12.0 Å². The van der Waals surface area contributed by atoms with Crippen LogP contribution in [-0.2, 0) is 4.84 Å². The van der Waals surface area contributed by atoms with Gasteiger partial charge in [-0.3, -0.25) is 9.63 Å². The highest BCUT2D eigenvalue weighted by Crippen LogP contribution is 2.29. The standard InChI is InChI=1S/C17H17NO3/c19-12-15-11-16(17(20)13-7-3-1-4-8-13)18(21-15)14-9-5-2-6-10-14/h1-10,15-16,19H,11-12H2/t15-,16-/m1/s1. The molecular formula is C17H17NO3. The van der Waals surface area contributed by atoms with Gasteiger partial charge in [-0.25, -0.2) is 5.06 Å². The quantitative estimate of drug-likeness (QED) is 0.876. The fraction of sp³-hybridized carbons (Fsp3) is 0.235. The molecule has 2 aromatic rings. The largest absolute Gasteiger partial charge is 0.394 e. The van der Waals surface area contributed by atoms with Crippen LogP contribution in [-0.4, -0.2) is 29.6 Å². The molecule has 4 nitrogen and oxygen atoms in total. The van der Waals surface area contributed by atoms with Gasteiger partial charge in [0.05, 0.1) is 12.3 Å². The Morgan fingerprint density at radius 3 is 2.33 bits per heavy atom. The van der Waals surface area contributed by atoms with E-state index in [-0.39, 0.29) is 18.5 Å². The van der Waals surface area contributed by atoms with Crippen LogP contribution in [0.5, 0.6) is 0 Å². The molecule has 1 saturated heterocycles. The summed E-state index contributed by atoms with van der Waals surface area (Å²) in [5.41, 5.74) is 1.48. The normalized spacial score (nSPS) is 21.5. The van der Waals surface area contributed by atoms with E-state index in [4.69, 9.17) is 4.84 Å². The third-order valence-corrected chi connectivity index (χ3v) is 3.61. The van der Waals surface area contributed by atoms with Gasteiger partial charge in [0.2, 0.25) is 0 Å². The van der Waals surface area contributed by atoms with Crippen molar-refractivity contribution < 1.29 is 14.7 Å². The molecule has 0 unspecified atom stereocenters. The Bertz CT molecular complexity index is 600. The summed E-state index contributed by atoms with van der Waals surface area (Å²) >= 11 is 0. The van der Waals surface area contributed by atoms with Crippen molar-refractivity contribution in [2.75, 3.05) is 11.7 Å². The zero-order chi connectivity index (χ0) is 14.7. The minimum absolute atomic E-state index is 0.00963. The van der Waals surface area contributed by atoms with Crippen LogP contribution in [0.15, 0.2) is 60.7 Å². The zero-order valence-electron chi connectivity index (χ0n) is 11.6. The van der Waals surface area contributed by atoms with E-state index in [0.717, 1.165) is 5.69 Å². The molecule has 2 atom stereocenters. The van der Waals surface area contributed by atoms with Crippen molar-refractivity contribution in [3.63, 3.8) is 0 Å². The number of nitrogens with zero attached hydrogens (tertiary/aromatic N) is 1. The molecule has 1 heterocycles. The number of aliphatic hydroxyl groups is 1. The van der Waals surface area contributed by atoms with E-state index in [1.807, 2.05) is 48.5 Å². The van der Waals surface area contributed by atoms with Gasteiger partial charge in [0.1, 0.15) is 12.1 Å². The average Bonchev–Trinajstić information content (AvgIpc) is 3.00. The number of hydrogen-bond donors (Lipinski definition) is 1. The van der Waals surface area contributed by atoms with Gasteiger partial charge >= 0.3 is 0 Å². The van der Waals surface area contributed by atoms with E-state index in [0.29, 0.717) is 12.0 Å². The molecule has 4 heteroatoms. The molecule has 21 heavy (non-hydrogen) atoms. The predicted molar refractivity (Wildman–Crippen MR) is 80.1 cm³/mol. The van der Waals surface area contributed by atoms with Gasteiger partial charge in [-0.2, -0.15) is 0 Å². The maximum absolute atomic E-state index is 12.7. The number of benzene rings is 2. The highest BCUT2D eigenvalue weighted by molar-refractivity contribution is 6.01. The Morgan fingerprint density at radius 1 is 1.10 bits per heavy atom. The van der Waals surface area contributed by atoms with Crippen molar-refractivity contribution in [2.24, 2.45) is 0 Å².